The van der Waals surface area contributed by atoms with E-state index in [4.69, 9.17) is 16.3 Å². The zero-order valence-electron chi connectivity index (χ0n) is 7.18. The van der Waals surface area contributed by atoms with Crippen LogP contribution in [-0.2, 0) is 9.53 Å². The van der Waals surface area contributed by atoms with Gasteiger partial charge in [-0.2, -0.15) is 0 Å². The molecule has 12 heavy (non-hydrogen) atoms. The maximum atomic E-state index is 10.9. The highest BCUT2D eigenvalue weighted by Gasteiger charge is 2.27. The zero-order valence-corrected chi connectivity index (χ0v) is 7.93. The van der Waals surface area contributed by atoms with Crippen molar-refractivity contribution in [2.75, 3.05) is 13.0 Å². The molecular weight excluding hydrogens is 178 g/mol. The van der Waals surface area contributed by atoms with Crippen molar-refractivity contribution in [1.29, 1.82) is 0 Å². The molecule has 0 saturated heterocycles. The first-order chi connectivity index (χ1) is 5.77. The number of carbonyl (C=O) groups is 1. The molecule has 1 rings (SSSR count). The number of nitrogens with one attached hydrogen (secondary N) is 1. The van der Waals surface area contributed by atoms with Crippen LogP contribution in [0.2, 0.25) is 0 Å². The van der Waals surface area contributed by atoms with E-state index in [9.17, 15) is 4.79 Å². The normalized spacial score (nSPS) is 28.8. The Hall–Kier alpha value is -0.280. The van der Waals surface area contributed by atoms with Crippen LogP contribution in [0.15, 0.2) is 0 Å². The second-order valence-corrected chi connectivity index (χ2v) is 3.28. The molecule has 0 bridgehead atoms. The van der Waals surface area contributed by atoms with Crippen LogP contribution in [0.4, 0.5) is 0 Å². The summed E-state index contributed by atoms with van der Waals surface area (Å²) < 4.78 is 5.21. The van der Waals surface area contributed by atoms with Gasteiger partial charge in [0.2, 0.25) is 5.91 Å². The first-order valence-electron chi connectivity index (χ1n) is 4.16. The van der Waals surface area contributed by atoms with Crippen molar-refractivity contribution in [1.82, 2.24) is 5.32 Å². The third-order valence-electron chi connectivity index (χ3n) is 2.22. The van der Waals surface area contributed by atoms with Crippen LogP contribution in [0.25, 0.3) is 0 Å². The minimum absolute atomic E-state index is 0.0347. The van der Waals surface area contributed by atoms with Crippen molar-refractivity contribution < 1.29 is 9.53 Å². The number of halogens is 1. The first-order valence-corrected chi connectivity index (χ1v) is 4.69. The van der Waals surface area contributed by atoms with E-state index >= 15 is 0 Å². The molecule has 0 radical (unpaired) electrons. The Morgan fingerprint density at radius 3 is 3.00 bits per heavy atom. The monoisotopic (exact) mass is 191 g/mol. The molecule has 1 saturated carbocycles. The Bertz CT molecular complexity index is 163. The van der Waals surface area contributed by atoms with Crippen LogP contribution in [0.1, 0.15) is 19.3 Å². The average Bonchev–Trinajstić information content (AvgIpc) is 2.51. The molecule has 0 aromatic rings. The van der Waals surface area contributed by atoms with Crippen molar-refractivity contribution >= 4 is 17.5 Å². The fourth-order valence-corrected chi connectivity index (χ4v) is 1.70. The van der Waals surface area contributed by atoms with Crippen LogP contribution in [0, 0.1) is 0 Å². The Balaban J connectivity index is 2.35. The van der Waals surface area contributed by atoms with Crippen LogP contribution in [0.3, 0.4) is 0 Å². The van der Waals surface area contributed by atoms with E-state index in [1.165, 1.54) is 0 Å². The average molecular weight is 192 g/mol. The van der Waals surface area contributed by atoms with Crippen LogP contribution in [0.5, 0.6) is 0 Å². The van der Waals surface area contributed by atoms with Gasteiger partial charge in [0, 0.05) is 7.11 Å². The summed E-state index contributed by atoms with van der Waals surface area (Å²) in [7, 11) is 1.68. The predicted molar refractivity (Wildman–Crippen MR) is 47.3 cm³/mol. The molecule has 1 fully saturated rings. The molecule has 1 aliphatic rings. The molecule has 3 nitrogen and oxygen atoms in total. The SMILES string of the molecule is COC1CCCC1NC(=O)CCl. The predicted octanol–water partition coefficient (Wildman–Crippen LogP) is 0.909. The Kier molecular flexibility index (Phi) is 3.82. The van der Waals surface area contributed by atoms with Crippen LogP contribution in [-0.4, -0.2) is 31.0 Å². The van der Waals surface area contributed by atoms with Crippen molar-refractivity contribution in [3.8, 4) is 0 Å². The highest BCUT2D eigenvalue weighted by molar-refractivity contribution is 6.27. The largest absolute Gasteiger partial charge is 0.379 e. The minimum Gasteiger partial charge on any atom is -0.379 e. The summed E-state index contributed by atoms with van der Waals surface area (Å²) in [4.78, 5) is 10.9. The van der Waals surface area contributed by atoms with Gasteiger partial charge in [-0.1, -0.05) is 0 Å². The summed E-state index contributed by atoms with van der Waals surface area (Å²) >= 11 is 5.37. The first kappa shape index (κ1) is 9.81. The third-order valence-corrected chi connectivity index (χ3v) is 2.47. The summed E-state index contributed by atoms with van der Waals surface area (Å²) in [5.74, 6) is -0.0713. The van der Waals surface area contributed by atoms with Gasteiger partial charge in [-0.05, 0) is 19.3 Å². The standard InChI is InChI=1S/C8H14ClNO2/c1-12-7-4-2-3-6(7)10-8(11)5-9/h6-7H,2-5H2,1H3,(H,10,11). The van der Waals surface area contributed by atoms with Gasteiger partial charge in [0.15, 0.2) is 0 Å². The molecule has 1 aliphatic carbocycles. The lowest BCUT2D eigenvalue weighted by Gasteiger charge is -2.18. The molecule has 0 spiro atoms. The summed E-state index contributed by atoms with van der Waals surface area (Å²) in [6, 6.07) is 0.168. The summed E-state index contributed by atoms with van der Waals surface area (Å²) in [6.07, 6.45) is 3.33. The highest BCUT2D eigenvalue weighted by atomic mass is 35.5. The Morgan fingerprint density at radius 1 is 1.67 bits per heavy atom. The van der Waals surface area contributed by atoms with E-state index in [1.54, 1.807) is 7.11 Å². The maximum absolute atomic E-state index is 10.9. The molecule has 1 N–H and O–H groups in total. The van der Waals surface area contributed by atoms with Crippen molar-refractivity contribution in [2.45, 2.75) is 31.4 Å². The van der Waals surface area contributed by atoms with Gasteiger partial charge in [-0.15, -0.1) is 11.6 Å². The fourth-order valence-electron chi connectivity index (χ4n) is 1.62. The van der Waals surface area contributed by atoms with Gasteiger partial charge in [0.25, 0.3) is 0 Å². The Morgan fingerprint density at radius 2 is 2.42 bits per heavy atom. The van der Waals surface area contributed by atoms with E-state index in [0.29, 0.717) is 0 Å². The third kappa shape index (κ3) is 2.35. The molecule has 2 atom stereocenters. The van der Waals surface area contributed by atoms with Gasteiger partial charge >= 0.3 is 0 Å². The Labute approximate surface area is 77.4 Å². The molecule has 0 aliphatic heterocycles. The van der Waals surface area contributed by atoms with Gasteiger partial charge < -0.3 is 10.1 Å². The number of alkyl halides is 1. The number of hydrogen-bond acceptors (Lipinski definition) is 2. The van der Waals surface area contributed by atoms with Gasteiger partial charge in [0.1, 0.15) is 5.88 Å². The molecular formula is C8H14ClNO2. The molecule has 0 heterocycles. The van der Waals surface area contributed by atoms with Crippen molar-refractivity contribution in [3.63, 3.8) is 0 Å². The molecule has 4 heteroatoms. The van der Waals surface area contributed by atoms with Crippen LogP contribution < -0.4 is 5.32 Å². The lowest BCUT2D eigenvalue weighted by molar-refractivity contribution is -0.120. The van der Waals surface area contributed by atoms with E-state index < -0.39 is 0 Å². The summed E-state index contributed by atoms with van der Waals surface area (Å²) in [5.41, 5.74) is 0. The van der Waals surface area contributed by atoms with E-state index in [0.717, 1.165) is 19.3 Å². The lowest BCUT2D eigenvalue weighted by atomic mass is 10.2. The maximum Gasteiger partial charge on any atom is 0.235 e. The number of carbonyl (C=O) groups excluding carboxylic acids is 1. The smallest absolute Gasteiger partial charge is 0.235 e. The van der Waals surface area contributed by atoms with Crippen molar-refractivity contribution in [2.24, 2.45) is 0 Å². The number of ether oxygens (including phenoxy) is 1. The molecule has 70 valence electrons. The summed E-state index contributed by atoms with van der Waals surface area (Å²) in [6.45, 7) is 0. The second-order valence-electron chi connectivity index (χ2n) is 3.01. The fraction of sp³-hybridized carbons (Fsp3) is 0.875. The zero-order chi connectivity index (χ0) is 8.97. The second kappa shape index (κ2) is 4.67. The summed E-state index contributed by atoms with van der Waals surface area (Å²) in [5, 5.41) is 2.83. The van der Waals surface area contributed by atoms with Gasteiger partial charge in [0.05, 0.1) is 12.1 Å². The quantitative estimate of drug-likeness (QED) is 0.674. The minimum atomic E-state index is -0.106. The molecule has 0 aromatic carbocycles. The lowest BCUT2D eigenvalue weighted by Crippen LogP contribution is -2.41. The van der Waals surface area contributed by atoms with Gasteiger partial charge in [-0.25, -0.2) is 0 Å². The van der Waals surface area contributed by atoms with E-state index in [-0.39, 0.29) is 23.9 Å². The molecule has 2 unspecified atom stereocenters. The van der Waals surface area contributed by atoms with Crippen LogP contribution >= 0.6 is 11.6 Å². The van der Waals surface area contributed by atoms with Crippen molar-refractivity contribution in [3.05, 3.63) is 0 Å². The number of amides is 1. The van der Waals surface area contributed by atoms with E-state index in [1.807, 2.05) is 0 Å². The highest BCUT2D eigenvalue weighted by Crippen LogP contribution is 2.21. The number of rotatable bonds is 3. The molecule has 1 amide bonds. The number of hydrogen-bond donors (Lipinski definition) is 1. The topological polar surface area (TPSA) is 38.3 Å². The van der Waals surface area contributed by atoms with Gasteiger partial charge in [-0.3, -0.25) is 4.79 Å². The number of methoxy groups -OCH3 is 1. The van der Waals surface area contributed by atoms with E-state index in [2.05, 4.69) is 5.32 Å². The molecule has 0 aromatic heterocycles.